The van der Waals surface area contributed by atoms with Crippen LogP contribution in [0.2, 0.25) is 0 Å². The van der Waals surface area contributed by atoms with Gasteiger partial charge in [0.1, 0.15) is 23.0 Å². The van der Waals surface area contributed by atoms with E-state index in [1.807, 2.05) is 52.0 Å². The van der Waals surface area contributed by atoms with Crippen LogP contribution in [0.25, 0.3) is 33.3 Å². The standard InChI is InChI=1S/C39H46N8O5/c1-21-28(19-31-34(41-21)47-33(43-31)25-13-14-25)24-9-5-22(6-10-24)17-32(36(49)42-27-15-16-29-30(18-27)46-37(50)45-29)44-35(48)26-11-7-23(8-12-26)20-40-38(51)52-39(2,3)4/h5-6,9-10,15-16,18-19,23,25-26,32H,7-8,11-14,17,20H2,1-4H3,(H,40,51)(H,42,49)(H,44,48)(H,41,43,47)(H2,45,46,50)/t23?,26?,32-/m0/s1. The maximum Gasteiger partial charge on any atom is 0.407 e. The first-order valence-corrected chi connectivity index (χ1v) is 18.1. The Hall–Kier alpha value is -5.46. The molecule has 7 rings (SSSR count). The second kappa shape index (κ2) is 14.3. The van der Waals surface area contributed by atoms with Gasteiger partial charge in [0.05, 0.1) is 11.0 Å². The first kappa shape index (κ1) is 35.0. The van der Waals surface area contributed by atoms with Crippen molar-refractivity contribution in [3.05, 3.63) is 76.1 Å². The molecule has 0 spiro atoms. The Balaban J connectivity index is 1.03. The summed E-state index contributed by atoms with van der Waals surface area (Å²) in [7, 11) is 0. The van der Waals surface area contributed by atoms with E-state index in [4.69, 9.17) is 14.7 Å². The molecule has 0 radical (unpaired) electrons. The van der Waals surface area contributed by atoms with Gasteiger partial charge < -0.3 is 35.6 Å². The predicted molar refractivity (Wildman–Crippen MR) is 199 cm³/mol. The van der Waals surface area contributed by atoms with E-state index in [1.54, 1.807) is 18.2 Å². The zero-order chi connectivity index (χ0) is 36.6. The second-order valence-corrected chi connectivity index (χ2v) is 15.3. The zero-order valence-corrected chi connectivity index (χ0v) is 30.0. The van der Waals surface area contributed by atoms with Crippen LogP contribution < -0.4 is 21.6 Å². The van der Waals surface area contributed by atoms with Gasteiger partial charge >= 0.3 is 11.8 Å². The number of hydrogen-bond acceptors (Lipinski definition) is 7. The number of hydrogen-bond donors (Lipinski definition) is 6. The Labute approximate surface area is 301 Å². The molecule has 1 atom stereocenters. The van der Waals surface area contributed by atoms with Gasteiger partial charge in [0, 0.05) is 41.7 Å². The SMILES string of the molecule is Cc1nc2[nH]c(C3CC3)nc2cc1-c1ccc(C[C@H](NC(=O)C2CCC(CNC(=O)OC(C)(C)C)CC2)C(=O)Nc2ccc3[nH]c(=O)[nH]c3c2)cc1. The number of nitrogens with zero attached hydrogens (tertiary/aromatic N) is 2. The fraction of sp³-hybridized carbons (Fsp3) is 0.436. The monoisotopic (exact) mass is 706 g/mol. The Morgan fingerprint density at radius 2 is 1.63 bits per heavy atom. The number of amides is 3. The van der Waals surface area contributed by atoms with Crippen LogP contribution in [0.4, 0.5) is 10.5 Å². The average molecular weight is 707 g/mol. The van der Waals surface area contributed by atoms with Crippen molar-refractivity contribution in [2.45, 2.75) is 90.2 Å². The number of ether oxygens (including phenoxy) is 1. The van der Waals surface area contributed by atoms with Crippen molar-refractivity contribution < 1.29 is 19.1 Å². The van der Waals surface area contributed by atoms with Crippen LogP contribution in [-0.4, -0.2) is 61.0 Å². The molecule has 0 unspecified atom stereocenters. The van der Waals surface area contributed by atoms with E-state index < -0.39 is 17.7 Å². The number of nitrogens with one attached hydrogen (secondary N) is 6. The maximum absolute atomic E-state index is 13.8. The highest BCUT2D eigenvalue weighted by Gasteiger charge is 2.31. The van der Waals surface area contributed by atoms with Gasteiger partial charge in [-0.25, -0.2) is 19.6 Å². The molecule has 3 heterocycles. The number of fused-ring (bicyclic) bond motifs is 2. The third-order valence-electron chi connectivity index (χ3n) is 9.92. The summed E-state index contributed by atoms with van der Waals surface area (Å²) >= 11 is 0. The minimum absolute atomic E-state index is 0.166. The summed E-state index contributed by atoms with van der Waals surface area (Å²) in [5.41, 5.74) is 6.21. The number of H-pyrrole nitrogens is 3. The molecule has 13 nitrogen and oxygen atoms in total. The number of rotatable bonds is 10. The van der Waals surface area contributed by atoms with Gasteiger partial charge in [-0.1, -0.05) is 24.3 Å². The van der Waals surface area contributed by atoms with Crippen molar-refractivity contribution in [1.82, 2.24) is 35.6 Å². The van der Waals surface area contributed by atoms with Crippen LogP contribution >= 0.6 is 0 Å². The van der Waals surface area contributed by atoms with Gasteiger partial charge in [0.25, 0.3) is 0 Å². The van der Waals surface area contributed by atoms with Gasteiger partial charge in [0.15, 0.2) is 5.65 Å². The fourth-order valence-electron chi connectivity index (χ4n) is 6.96. The molecule has 2 fully saturated rings. The Morgan fingerprint density at radius 1 is 0.904 bits per heavy atom. The van der Waals surface area contributed by atoms with E-state index in [0.29, 0.717) is 42.0 Å². The Bertz CT molecular complexity index is 2160. The van der Waals surface area contributed by atoms with Crippen LogP contribution in [0.15, 0.2) is 53.3 Å². The molecule has 2 aromatic carbocycles. The van der Waals surface area contributed by atoms with Crippen LogP contribution in [0, 0.1) is 18.8 Å². The zero-order valence-electron chi connectivity index (χ0n) is 30.0. The Morgan fingerprint density at radius 3 is 2.35 bits per heavy atom. The lowest BCUT2D eigenvalue weighted by atomic mass is 9.81. The number of pyridine rings is 1. The molecular formula is C39H46N8O5. The van der Waals surface area contributed by atoms with Crippen LogP contribution in [-0.2, 0) is 20.7 Å². The number of aromatic nitrogens is 5. The molecule has 3 amide bonds. The number of carbonyl (C=O) groups excluding carboxylic acids is 3. The lowest BCUT2D eigenvalue weighted by Crippen LogP contribution is -2.48. The van der Waals surface area contributed by atoms with E-state index in [9.17, 15) is 19.2 Å². The van der Waals surface area contributed by atoms with E-state index in [2.05, 4.69) is 37.0 Å². The fourth-order valence-corrected chi connectivity index (χ4v) is 6.96. The highest BCUT2D eigenvalue weighted by molar-refractivity contribution is 5.98. The number of carbonyl (C=O) groups is 3. The second-order valence-electron chi connectivity index (χ2n) is 15.3. The molecule has 2 saturated carbocycles. The highest BCUT2D eigenvalue weighted by atomic mass is 16.6. The molecule has 272 valence electrons. The molecule has 0 aliphatic heterocycles. The first-order chi connectivity index (χ1) is 24.9. The summed E-state index contributed by atoms with van der Waals surface area (Å²) in [5.74, 6) is 0.985. The molecule has 3 aromatic heterocycles. The molecule has 0 bridgehead atoms. The number of imidazole rings is 2. The van der Waals surface area contributed by atoms with Crippen molar-refractivity contribution >= 4 is 45.8 Å². The topological polar surface area (TPSA) is 187 Å². The van der Waals surface area contributed by atoms with Gasteiger partial charge in [-0.2, -0.15) is 0 Å². The quantitative estimate of drug-likeness (QED) is 0.103. The third kappa shape index (κ3) is 8.35. The lowest BCUT2D eigenvalue weighted by Gasteiger charge is -2.29. The number of aromatic amines is 3. The minimum Gasteiger partial charge on any atom is -0.444 e. The number of benzene rings is 2. The molecule has 0 saturated heterocycles. The van der Waals surface area contributed by atoms with E-state index in [-0.39, 0.29) is 35.8 Å². The summed E-state index contributed by atoms with van der Waals surface area (Å²) in [6.45, 7) is 7.96. The van der Waals surface area contributed by atoms with E-state index >= 15 is 0 Å². The Kier molecular flexibility index (Phi) is 9.60. The highest BCUT2D eigenvalue weighted by Crippen LogP contribution is 2.39. The summed E-state index contributed by atoms with van der Waals surface area (Å²) in [6.07, 6.45) is 5.02. The number of alkyl carbamates (subject to hydrolysis) is 1. The van der Waals surface area contributed by atoms with E-state index in [1.165, 1.54) is 0 Å². The molecule has 13 heteroatoms. The predicted octanol–water partition coefficient (Wildman–Crippen LogP) is 5.98. The van der Waals surface area contributed by atoms with Crippen LogP contribution in [0.3, 0.4) is 0 Å². The molecule has 2 aliphatic carbocycles. The van der Waals surface area contributed by atoms with Crippen LogP contribution in [0.5, 0.6) is 0 Å². The van der Waals surface area contributed by atoms with E-state index in [0.717, 1.165) is 65.1 Å². The average Bonchev–Trinajstić information content (AvgIpc) is 3.76. The van der Waals surface area contributed by atoms with Crippen molar-refractivity contribution in [1.29, 1.82) is 0 Å². The lowest BCUT2D eigenvalue weighted by molar-refractivity contribution is -0.130. The summed E-state index contributed by atoms with van der Waals surface area (Å²) in [6, 6.07) is 14.3. The molecule has 6 N–H and O–H groups in total. The van der Waals surface area contributed by atoms with Crippen molar-refractivity contribution in [2.75, 3.05) is 11.9 Å². The maximum atomic E-state index is 13.8. The smallest absolute Gasteiger partial charge is 0.407 e. The molecule has 5 aromatic rings. The number of anilines is 1. The summed E-state index contributed by atoms with van der Waals surface area (Å²) in [4.78, 5) is 69.7. The molecular weight excluding hydrogens is 660 g/mol. The largest absolute Gasteiger partial charge is 0.444 e. The van der Waals surface area contributed by atoms with Crippen molar-refractivity contribution in [2.24, 2.45) is 11.8 Å². The van der Waals surface area contributed by atoms with Gasteiger partial charge in [-0.05, 0) is 108 Å². The van der Waals surface area contributed by atoms with Crippen molar-refractivity contribution in [3.8, 4) is 11.1 Å². The molecule has 52 heavy (non-hydrogen) atoms. The van der Waals surface area contributed by atoms with Crippen LogP contribution in [0.1, 0.15) is 82.3 Å². The van der Waals surface area contributed by atoms with Gasteiger partial charge in [-0.3, -0.25) is 9.59 Å². The summed E-state index contributed by atoms with van der Waals surface area (Å²) < 4.78 is 5.35. The van der Waals surface area contributed by atoms with Gasteiger partial charge in [-0.15, -0.1) is 0 Å². The van der Waals surface area contributed by atoms with Crippen molar-refractivity contribution in [3.63, 3.8) is 0 Å². The first-order valence-electron chi connectivity index (χ1n) is 18.1. The van der Waals surface area contributed by atoms with Gasteiger partial charge in [0.2, 0.25) is 11.8 Å². The molecule has 2 aliphatic rings. The minimum atomic E-state index is -0.851. The number of aryl methyl sites for hydroxylation is 1. The summed E-state index contributed by atoms with van der Waals surface area (Å²) in [5, 5.41) is 8.84. The third-order valence-corrected chi connectivity index (χ3v) is 9.92. The normalized spacial score (nSPS) is 18.2.